The molecule has 1 rings (SSSR count). The van der Waals surface area contributed by atoms with E-state index in [1.165, 1.54) is 31.2 Å². The van der Waals surface area contributed by atoms with Crippen LogP contribution in [0.1, 0.15) is 6.92 Å². The van der Waals surface area contributed by atoms with Crippen molar-refractivity contribution in [1.29, 1.82) is 0 Å². The number of carboxylic acids is 1. The van der Waals surface area contributed by atoms with E-state index in [1.54, 1.807) is 0 Å². The lowest BCUT2D eigenvalue weighted by atomic mass is 10.2. The van der Waals surface area contributed by atoms with E-state index in [0.717, 1.165) is 0 Å². The number of hydrogen-bond donors (Lipinski definition) is 2. The highest BCUT2D eigenvalue weighted by atomic mass is 16.6. The van der Waals surface area contributed by atoms with Crippen molar-refractivity contribution in [2.24, 2.45) is 0 Å². The molecule has 0 heterocycles. The van der Waals surface area contributed by atoms with Crippen LogP contribution in [0.25, 0.3) is 0 Å². The topological polar surface area (TPSA) is 124 Å². The Morgan fingerprint density at radius 1 is 1.44 bits per heavy atom. The Labute approximate surface area is 91.2 Å². The molecule has 0 spiro atoms. The van der Waals surface area contributed by atoms with Crippen LogP contribution in [0.15, 0.2) is 24.3 Å². The minimum absolute atomic E-state index is 0. The number of anilines is 1. The van der Waals surface area contributed by atoms with Crippen LogP contribution in [0.2, 0.25) is 0 Å². The van der Waals surface area contributed by atoms with Gasteiger partial charge in [-0.05, 0) is 19.1 Å². The molecule has 7 heteroatoms. The number of hydrogen-bond acceptors (Lipinski definition) is 4. The van der Waals surface area contributed by atoms with Crippen molar-refractivity contribution in [3.63, 3.8) is 0 Å². The smallest absolute Gasteiger partial charge is 0.325 e. The normalized spacial score (nSPS) is 11.1. The van der Waals surface area contributed by atoms with E-state index >= 15 is 0 Å². The number of benzene rings is 1. The number of carboxylic acid groups (broad SMARTS) is 1. The van der Waals surface area contributed by atoms with Gasteiger partial charge in [0.05, 0.1) is 4.92 Å². The Hall–Kier alpha value is -2.15. The van der Waals surface area contributed by atoms with Crippen LogP contribution in [0.3, 0.4) is 0 Å². The lowest BCUT2D eigenvalue weighted by Gasteiger charge is -2.09. The van der Waals surface area contributed by atoms with Crippen molar-refractivity contribution >= 4 is 17.3 Å². The Balaban J connectivity index is 0.00000225. The maximum absolute atomic E-state index is 10.5. The van der Waals surface area contributed by atoms with Gasteiger partial charge >= 0.3 is 5.97 Å². The first-order valence-corrected chi connectivity index (χ1v) is 4.24. The standard InChI is InChI=1S/C9H10N2O4.H2O/c1-6(9(12)13)10-7-2-4-8(5-3-7)11(14)15;/h2-6,10H,1H3,(H,12,13);1H2/t6-;/m0./s1. The first kappa shape index (κ1) is 13.8. The summed E-state index contributed by atoms with van der Waals surface area (Å²) in [6.45, 7) is 1.49. The number of rotatable bonds is 4. The molecule has 1 aromatic carbocycles. The Kier molecular flexibility index (Phi) is 4.90. The SMILES string of the molecule is C[C@H](Nc1ccc([N+](=O)[O-])cc1)C(=O)O.O. The summed E-state index contributed by atoms with van der Waals surface area (Å²) in [5, 5.41) is 21.6. The average molecular weight is 228 g/mol. The molecule has 0 unspecified atom stereocenters. The van der Waals surface area contributed by atoms with Crippen LogP contribution in [0.4, 0.5) is 11.4 Å². The van der Waals surface area contributed by atoms with Crippen LogP contribution in [0, 0.1) is 10.1 Å². The van der Waals surface area contributed by atoms with Crippen LogP contribution in [-0.4, -0.2) is 27.5 Å². The fraction of sp³-hybridized carbons (Fsp3) is 0.222. The number of nitro benzene ring substituents is 1. The van der Waals surface area contributed by atoms with Gasteiger partial charge in [-0.3, -0.25) is 14.9 Å². The van der Waals surface area contributed by atoms with E-state index in [4.69, 9.17) is 5.11 Å². The fourth-order valence-corrected chi connectivity index (χ4v) is 0.991. The molecule has 0 saturated carbocycles. The zero-order valence-electron chi connectivity index (χ0n) is 8.51. The molecule has 7 nitrogen and oxygen atoms in total. The summed E-state index contributed by atoms with van der Waals surface area (Å²) in [7, 11) is 0. The Bertz CT molecular complexity index is 376. The zero-order valence-corrected chi connectivity index (χ0v) is 8.51. The summed E-state index contributed by atoms with van der Waals surface area (Å²) in [4.78, 5) is 20.3. The molecule has 0 radical (unpaired) electrons. The third kappa shape index (κ3) is 3.54. The first-order valence-electron chi connectivity index (χ1n) is 4.24. The molecule has 88 valence electrons. The highest BCUT2D eigenvalue weighted by molar-refractivity contribution is 5.76. The monoisotopic (exact) mass is 228 g/mol. The molecule has 0 fully saturated rings. The molecule has 1 atom stereocenters. The molecule has 16 heavy (non-hydrogen) atoms. The minimum Gasteiger partial charge on any atom is -0.480 e. The number of non-ortho nitro benzene ring substituents is 1. The predicted molar refractivity (Wildman–Crippen MR) is 57.4 cm³/mol. The van der Waals surface area contributed by atoms with E-state index in [-0.39, 0.29) is 11.2 Å². The van der Waals surface area contributed by atoms with Gasteiger partial charge in [-0.1, -0.05) is 0 Å². The van der Waals surface area contributed by atoms with Gasteiger partial charge in [0, 0.05) is 17.8 Å². The Morgan fingerprint density at radius 2 is 1.94 bits per heavy atom. The maximum Gasteiger partial charge on any atom is 0.325 e. The molecule has 0 bridgehead atoms. The summed E-state index contributed by atoms with van der Waals surface area (Å²) in [5.74, 6) is -0.978. The van der Waals surface area contributed by atoms with Gasteiger partial charge in [-0.15, -0.1) is 0 Å². The quantitative estimate of drug-likeness (QED) is 0.578. The largest absolute Gasteiger partial charge is 0.480 e. The van der Waals surface area contributed by atoms with Gasteiger partial charge in [0.2, 0.25) is 0 Å². The molecule has 0 aliphatic carbocycles. The first-order chi connectivity index (χ1) is 7.00. The second-order valence-electron chi connectivity index (χ2n) is 3.01. The highest BCUT2D eigenvalue weighted by Crippen LogP contribution is 2.15. The van der Waals surface area contributed by atoms with Crippen LogP contribution in [0.5, 0.6) is 0 Å². The van der Waals surface area contributed by atoms with E-state index in [0.29, 0.717) is 5.69 Å². The third-order valence-electron chi connectivity index (χ3n) is 1.83. The summed E-state index contributed by atoms with van der Waals surface area (Å²) < 4.78 is 0. The van der Waals surface area contributed by atoms with Crippen molar-refractivity contribution in [2.45, 2.75) is 13.0 Å². The van der Waals surface area contributed by atoms with Crippen LogP contribution in [-0.2, 0) is 4.79 Å². The van der Waals surface area contributed by atoms with Gasteiger partial charge in [0.15, 0.2) is 0 Å². The highest BCUT2D eigenvalue weighted by Gasteiger charge is 2.10. The van der Waals surface area contributed by atoms with Crippen molar-refractivity contribution in [2.75, 3.05) is 5.32 Å². The van der Waals surface area contributed by atoms with E-state index < -0.39 is 16.9 Å². The van der Waals surface area contributed by atoms with Crippen LogP contribution < -0.4 is 5.32 Å². The summed E-state index contributed by atoms with van der Waals surface area (Å²) in [5.41, 5.74) is 0.513. The summed E-state index contributed by atoms with van der Waals surface area (Å²) >= 11 is 0. The Morgan fingerprint density at radius 3 is 2.31 bits per heavy atom. The number of nitrogens with zero attached hydrogens (tertiary/aromatic N) is 1. The zero-order chi connectivity index (χ0) is 11.4. The molecule has 0 aliphatic heterocycles. The lowest BCUT2D eigenvalue weighted by Crippen LogP contribution is -2.25. The number of aliphatic carboxylic acids is 1. The predicted octanol–water partition coefficient (Wildman–Crippen LogP) is 0.655. The van der Waals surface area contributed by atoms with Crippen molar-refractivity contribution in [3.05, 3.63) is 34.4 Å². The van der Waals surface area contributed by atoms with Gasteiger partial charge in [0.1, 0.15) is 6.04 Å². The van der Waals surface area contributed by atoms with Gasteiger partial charge in [-0.2, -0.15) is 0 Å². The van der Waals surface area contributed by atoms with Crippen molar-refractivity contribution in [3.8, 4) is 0 Å². The van der Waals surface area contributed by atoms with E-state index in [1.807, 2.05) is 0 Å². The lowest BCUT2D eigenvalue weighted by molar-refractivity contribution is -0.384. The van der Waals surface area contributed by atoms with E-state index in [9.17, 15) is 14.9 Å². The van der Waals surface area contributed by atoms with Crippen molar-refractivity contribution < 1.29 is 20.3 Å². The molecule has 0 amide bonds. The molecular weight excluding hydrogens is 216 g/mol. The van der Waals surface area contributed by atoms with Gasteiger partial charge in [-0.25, -0.2) is 0 Å². The van der Waals surface area contributed by atoms with Crippen LogP contribution >= 0.6 is 0 Å². The summed E-state index contributed by atoms with van der Waals surface area (Å²) in [6, 6.07) is 4.84. The minimum atomic E-state index is -0.978. The molecule has 0 aromatic heterocycles. The van der Waals surface area contributed by atoms with E-state index in [2.05, 4.69) is 5.32 Å². The molecule has 0 aliphatic rings. The average Bonchev–Trinajstić information content (AvgIpc) is 2.18. The number of nitro groups is 1. The second kappa shape index (κ2) is 5.66. The molecule has 0 saturated heterocycles. The number of nitrogens with one attached hydrogen (secondary N) is 1. The van der Waals surface area contributed by atoms with Gasteiger partial charge in [0.25, 0.3) is 5.69 Å². The molecular formula is C9H12N2O5. The van der Waals surface area contributed by atoms with Crippen molar-refractivity contribution in [1.82, 2.24) is 0 Å². The molecule has 1 aromatic rings. The van der Waals surface area contributed by atoms with Gasteiger partial charge < -0.3 is 15.9 Å². The summed E-state index contributed by atoms with van der Waals surface area (Å²) in [6.07, 6.45) is 0. The third-order valence-corrected chi connectivity index (χ3v) is 1.83. The fourth-order valence-electron chi connectivity index (χ4n) is 0.991. The number of carbonyl (C=O) groups is 1. The second-order valence-corrected chi connectivity index (χ2v) is 3.01. The molecule has 4 N–H and O–H groups in total. The maximum atomic E-state index is 10.5.